The molecule has 9 N–H and O–H groups in total. The number of amides is 4. The van der Waals surface area contributed by atoms with E-state index in [4.69, 9.17) is 5.73 Å². The molecule has 30 heavy (non-hydrogen) atoms. The summed E-state index contributed by atoms with van der Waals surface area (Å²) < 4.78 is 0. The number of carbonyl (C=O) groups excluding carboxylic acids is 3. The normalized spacial score (nSPS) is 16.2. The molecule has 0 radical (unpaired) electrons. The Morgan fingerprint density at radius 1 is 1.10 bits per heavy atom. The van der Waals surface area contributed by atoms with Crippen LogP contribution in [0.25, 0.3) is 0 Å². The average Bonchev–Trinajstić information content (AvgIpc) is 2.68. The molecule has 0 spiro atoms. The molecule has 3 unspecified atom stereocenters. The van der Waals surface area contributed by atoms with Gasteiger partial charge in [0.1, 0.15) is 6.04 Å². The third kappa shape index (κ3) is 11.3. The average molecular weight is 432 g/mol. The number of nitrogens with one attached hydrogen (secondary N) is 6. The van der Waals surface area contributed by atoms with Crippen LogP contribution < -0.4 is 37.6 Å². The minimum absolute atomic E-state index is 0.0778. The van der Waals surface area contributed by atoms with Crippen molar-refractivity contribution in [3.8, 4) is 0 Å². The van der Waals surface area contributed by atoms with E-state index in [1.54, 1.807) is 6.92 Å². The van der Waals surface area contributed by atoms with Gasteiger partial charge in [0.05, 0.1) is 24.7 Å². The molecule has 0 fully saturated rings. The highest BCUT2D eigenvalue weighted by Crippen LogP contribution is 2.10. The maximum Gasteiger partial charge on any atom is 0.315 e. The van der Waals surface area contributed by atoms with Gasteiger partial charge in [0.25, 0.3) is 0 Å². The van der Waals surface area contributed by atoms with Gasteiger partial charge in [0, 0.05) is 19.1 Å². The number of urea groups is 1. The number of nitrogens with two attached hydrogens (primary N) is 1. The molecule has 0 saturated heterocycles. The first-order valence-electron chi connectivity index (χ1n) is 10.3. The Kier molecular flexibility index (Phi) is 13.2. The lowest BCUT2D eigenvalue weighted by Crippen LogP contribution is -2.58. The van der Waals surface area contributed by atoms with Gasteiger partial charge in [-0.3, -0.25) is 9.59 Å². The Hall–Kier alpha value is -1.95. The minimum atomic E-state index is -1.14. The first-order chi connectivity index (χ1) is 14.0. The monoisotopic (exact) mass is 431 g/mol. The third-order valence-corrected chi connectivity index (χ3v) is 4.69. The molecule has 0 bridgehead atoms. The zero-order valence-electron chi connectivity index (χ0n) is 19.1. The van der Waals surface area contributed by atoms with Gasteiger partial charge < -0.3 is 42.7 Å². The molecule has 0 aliphatic heterocycles. The number of likely N-dealkylation sites (N-methyl/N-ethyl adjacent to an activating group) is 1. The Bertz CT molecular complexity index is 547. The van der Waals surface area contributed by atoms with Crippen molar-refractivity contribution in [2.75, 3.05) is 27.2 Å². The Morgan fingerprint density at radius 3 is 2.23 bits per heavy atom. The molecule has 0 aliphatic carbocycles. The lowest BCUT2D eigenvalue weighted by atomic mass is 9.97. The van der Waals surface area contributed by atoms with Crippen molar-refractivity contribution in [3.05, 3.63) is 0 Å². The van der Waals surface area contributed by atoms with Crippen LogP contribution in [0.15, 0.2) is 0 Å². The Balaban J connectivity index is 5.02. The second-order valence-electron chi connectivity index (χ2n) is 8.08. The minimum Gasteiger partial charge on any atom is -0.394 e. The van der Waals surface area contributed by atoms with Crippen molar-refractivity contribution >= 4 is 17.8 Å². The van der Waals surface area contributed by atoms with Gasteiger partial charge in [-0.1, -0.05) is 0 Å². The molecule has 11 nitrogen and oxygen atoms in total. The Morgan fingerprint density at radius 2 is 1.73 bits per heavy atom. The molecule has 0 heterocycles. The molecule has 4 atom stereocenters. The highest BCUT2D eigenvalue weighted by atomic mass is 16.3. The van der Waals surface area contributed by atoms with E-state index in [0.29, 0.717) is 19.4 Å². The van der Waals surface area contributed by atoms with Gasteiger partial charge in [-0.15, -0.1) is 0 Å². The van der Waals surface area contributed by atoms with E-state index in [0.717, 1.165) is 0 Å². The fourth-order valence-electron chi connectivity index (χ4n) is 2.63. The number of aliphatic hydroxyl groups is 1. The van der Waals surface area contributed by atoms with Gasteiger partial charge in [-0.2, -0.15) is 0 Å². The summed E-state index contributed by atoms with van der Waals surface area (Å²) in [7, 11) is 3.30. The molecule has 0 aliphatic rings. The van der Waals surface area contributed by atoms with E-state index in [1.807, 2.05) is 27.8 Å². The highest BCUT2D eigenvalue weighted by molar-refractivity contribution is 5.88. The van der Waals surface area contributed by atoms with Crippen molar-refractivity contribution in [1.82, 2.24) is 31.9 Å². The fourth-order valence-corrected chi connectivity index (χ4v) is 2.63. The van der Waals surface area contributed by atoms with Crippen molar-refractivity contribution in [1.29, 1.82) is 0 Å². The summed E-state index contributed by atoms with van der Waals surface area (Å²) in [6, 6.07) is -1.31. The SMILES string of the molecule is CNC(=O)CC(C)(CO)NC(=O)[C@@H](CCCNC(N)C(C)NC)NC(=O)NC(C)C. The molecule has 0 rings (SSSR count). The second-order valence-corrected chi connectivity index (χ2v) is 8.08. The predicted octanol–water partition coefficient (Wildman–Crippen LogP) is -1.67. The van der Waals surface area contributed by atoms with Crippen LogP contribution in [0.5, 0.6) is 0 Å². The topological polar surface area (TPSA) is 170 Å². The third-order valence-electron chi connectivity index (χ3n) is 4.69. The molecule has 0 aromatic carbocycles. The summed E-state index contributed by atoms with van der Waals surface area (Å²) >= 11 is 0. The van der Waals surface area contributed by atoms with Gasteiger partial charge in [0.15, 0.2) is 0 Å². The van der Waals surface area contributed by atoms with Crippen molar-refractivity contribution in [2.24, 2.45) is 5.73 Å². The van der Waals surface area contributed by atoms with Crippen LogP contribution in [-0.2, 0) is 9.59 Å². The number of hydrogen-bond acceptors (Lipinski definition) is 7. The van der Waals surface area contributed by atoms with Gasteiger partial charge in [0.2, 0.25) is 11.8 Å². The summed E-state index contributed by atoms with van der Waals surface area (Å²) in [5.74, 6) is -0.784. The lowest BCUT2D eigenvalue weighted by molar-refractivity contribution is -0.127. The van der Waals surface area contributed by atoms with Crippen LogP contribution in [0.4, 0.5) is 4.79 Å². The molecule has 0 aromatic rings. The zero-order valence-corrected chi connectivity index (χ0v) is 19.1. The van der Waals surface area contributed by atoms with Crippen LogP contribution >= 0.6 is 0 Å². The van der Waals surface area contributed by atoms with Crippen LogP contribution in [-0.4, -0.2) is 80.0 Å². The largest absolute Gasteiger partial charge is 0.394 e. The quantitative estimate of drug-likeness (QED) is 0.120. The maximum atomic E-state index is 12.8. The summed E-state index contributed by atoms with van der Waals surface area (Å²) in [4.78, 5) is 36.7. The highest BCUT2D eigenvalue weighted by Gasteiger charge is 2.32. The molecule has 176 valence electrons. The maximum absolute atomic E-state index is 12.8. The van der Waals surface area contributed by atoms with Crippen molar-refractivity contribution in [3.63, 3.8) is 0 Å². The standard InChI is InChI=1S/C19H41N7O4/c1-12(2)24-18(30)25-14(8-7-9-23-16(20)13(3)21-5)17(29)26-19(4,11-27)10-15(28)22-6/h12-14,16,21,23,27H,7-11,20H2,1-6H3,(H,22,28)(H,26,29)(H2,24,25,30)/t13?,14-,16?,19?/m1/s1. The van der Waals surface area contributed by atoms with Crippen LogP contribution in [0.2, 0.25) is 0 Å². The number of carbonyl (C=O) groups is 3. The van der Waals surface area contributed by atoms with E-state index in [-0.39, 0.29) is 30.6 Å². The van der Waals surface area contributed by atoms with Crippen molar-refractivity contribution in [2.45, 2.75) is 76.8 Å². The van der Waals surface area contributed by atoms with E-state index < -0.39 is 30.1 Å². The van der Waals surface area contributed by atoms with E-state index in [1.165, 1.54) is 7.05 Å². The van der Waals surface area contributed by atoms with Crippen LogP contribution in [0.3, 0.4) is 0 Å². The first kappa shape index (κ1) is 28.1. The molecular weight excluding hydrogens is 390 g/mol. The summed E-state index contributed by atoms with van der Waals surface area (Å²) in [5.41, 5.74) is 4.86. The number of hydrogen-bond donors (Lipinski definition) is 8. The number of aliphatic hydroxyl groups excluding tert-OH is 1. The predicted molar refractivity (Wildman–Crippen MR) is 117 cm³/mol. The van der Waals surface area contributed by atoms with Crippen molar-refractivity contribution < 1.29 is 19.5 Å². The first-order valence-corrected chi connectivity index (χ1v) is 10.3. The smallest absolute Gasteiger partial charge is 0.315 e. The summed E-state index contributed by atoms with van der Waals surface area (Å²) in [6.07, 6.45) is 0.599. The summed E-state index contributed by atoms with van der Waals surface area (Å²) in [6.45, 7) is 7.29. The second kappa shape index (κ2) is 14.1. The molecule has 0 saturated carbocycles. The van der Waals surface area contributed by atoms with E-state index >= 15 is 0 Å². The molecular formula is C19H41N7O4. The zero-order chi connectivity index (χ0) is 23.3. The fraction of sp³-hybridized carbons (Fsp3) is 0.842. The molecule has 4 amide bonds. The van der Waals surface area contributed by atoms with Gasteiger partial charge in [-0.25, -0.2) is 4.79 Å². The molecule has 0 aromatic heterocycles. The number of rotatable bonds is 14. The summed E-state index contributed by atoms with van der Waals surface area (Å²) in [5, 5.41) is 26.4. The lowest BCUT2D eigenvalue weighted by Gasteiger charge is -2.30. The molecule has 11 heteroatoms. The Labute approximate surface area is 179 Å². The van der Waals surface area contributed by atoms with Gasteiger partial charge >= 0.3 is 6.03 Å². The van der Waals surface area contributed by atoms with Crippen LogP contribution in [0, 0.1) is 0 Å². The van der Waals surface area contributed by atoms with E-state index in [9.17, 15) is 19.5 Å². The van der Waals surface area contributed by atoms with E-state index in [2.05, 4.69) is 31.9 Å². The van der Waals surface area contributed by atoms with Crippen LogP contribution in [0.1, 0.15) is 47.0 Å². The van der Waals surface area contributed by atoms with Gasteiger partial charge in [-0.05, 0) is 54.1 Å².